The minimum absolute atomic E-state index is 0. The van der Waals surface area contributed by atoms with E-state index in [4.69, 9.17) is 0 Å². The van der Waals surface area contributed by atoms with Gasteiger partial charge in [-0.1, -0.05) is 13.8 Å². The molecule has 0 aromatic heterocycles. The summed E-state index contributed by atoms with van der Waals surface area (Å²) in [7, 11) is 2.17. The molecular weight excluding hydrogens is 190 g/mol. The van der Waals surface area contributed by atoms with Gasteiger partial charge in [0.2, 0.25) is 0 Å². The van der Waals surface area contributed by atoms with E-state index in [1.807, 2.05) is 0 Å². The summed E-state index contributed by atoms with van der Waals surface area (Å²) in [6, 6.07) is 0. The van der Waals surface area contributed by atoms with Gasteiger partial charge in [0.25, 0.3) is 0 Å². The molecule has 0 saturated heterocycles. The predicted molar refractivity (Wildman–Crippen MR) is 53.0 cm³/mol. The Hall–Kier alpha value is 0.440. The Morgan fingerprint density at radius 1 is 1.20 bits per heavy atom. The Morgan fingerprint density at radius 2 is 1.60 bits per heavy atom. The van der Waals surface area contributed by atoms with Crippen molar-refractivity contribution < 1.29 is 0 Å². The zero-order chi connectivity index (χ0) is 7.49. The third-order valence-corrected chi connectivity index (χ3v) is 2.37. The zero-order valence-corrected chi connectivity index (χ0v) is 9.48. The Bertz CT molecular complexity index is 81.3. The molecule has 0 aliphatic heterocycles. The van der Waals surface area contributed by atoms with Crippen LogP contribution in [0.2, 0.25) is 0 Å². The van der Waals surface area contributed by atoms with Crippen LogP contribution >= 0.6 is 17.0 Å². The predicted octanol–water partition coefficient (Wildman–Crippen LogP) is 2.70. The molecule has 0 fully saturated rings. The third kappa shape index (κ3) is 3.57. The third-order valence-electron chi connectivity index (χ3n) is 2.37. The molecule has 0 aromatic rings. The van der Waals surface area contributed by atoms with E-state index in [-0.39, 0.29) is 17.0 Å². The second-order valence-corrected chi connectivity index (χ2v) is 3.18. The average Bonchev–Trinajstić information content (AvgIpc) is 1.86. The van der Waals surface area contributed by atoms with Crippen LogP contribution in [0.5, 0.6) is 0 Å². The normalized spacial score (nSPS) is 11.4. The summed E-state index contributed by atoms with van der Waals surface area (Å²) in [6.45, 7) is 10.1. The highest BCUT2D eigenvalue weighted by molar-refractivity contribution is 8.93. The first-order chi connectivity index (χ1) is 4.04. The molecule has 1 nitrogen and oxygen atoms in total. The van der Waals surface area contributed by atoms with Crippen LogP contribution in [0.25, 0.3) is 0 Å². The fourth-order valence-corrected chi connectivity index (χ4v) is 0.698. The molecule has 0 radical (unpaired) electrons. The number of rotatable bonds is 3. The summed E-state index contributed by atoms with van der Waals surface area (Å²) in [4.78, 5) is 2.37. The van der Waals surface area contributed by atoms with E-state index in [9.17, 15) is 0 Å². The molecule has 0 unspecified atom stereocenters. The van der Waals surface area contributed by atoms with E-state index in [0.717, 1.165) is 6.54 Å². The maximum absolute atomic E-state index is 2.37. The summed E-state index contributed by atoms with van der Waals surface area (Å²) in [6.07, 6.45) is 1.22. The van der Waals surface area contributed by atoms with Gasteiger partial charge in [0.15, 0.2) is 0 Å². The van der Waals surface area contributed by atoms with Crippen LogP contribution in [0, 0.1) is 0 Å². The monoisotopic (exact) mass is 209 g/mol. The molecule has 10 heavy (non-hydrogen) atoms. The average molecular weight is 210 g/mol. The quantitative estimate of drug-likeness (QED) is 0.692. The highest BCUT2D eigenvalue weighted by atomic mass is 79.9. The van der Waals surface area contributed by atoms with Crippen molar-refractivity contribution in [3.8, 4) is 0 Å². The first-order valence-corrected chi connectivity index (χ1v) is 3.75. The van der Waals surface area contributed by atoms with Gasteiger partial charge < -0.3 is 4.90 Å². The lowest BCUT2D eigenvalue weighted by Crippen LogP contribution is -2.40. The Balaban J connectivity index is 0. The minimum Gasteiger partial charge on any atom is -0.302 e. The van der Waals surface area contributed by atoms with Crippen molar-refractivity contribution in [1.29, 1.82) is 0 Å². The lowest BCUT2D eigenvalue weighted by molar-refractivity contribution is 0.159. The van der Waals surface area contributed by atoms with Gasteiger partial charge in [0.1, 0.15) is 0 Å². The van der Waals surface area contributed by atoms with E-state index in [1.165, 1.54) is 6.42 Å². The number of halogens is 1. The first-order valence-electron chi connectivity index (χ1n) is 3.75. The van der Waals surface area contributed by atoms with E-state index >= 15 is 0 Å². The van der Waals surface area contributed by atoms with Crippen LogP contribution in [0.1, 0.15) is 34.1 Å². The van der Waals surface area contributed by atoms with Gasteiger partial charge >= 0.3 is 0 Å². The standard InChI is InChI=1S/C8H19N.BrH/c1-6-8(3,4)9(5)7-2;/h6-7H2,1-5H3;1H. The molecule has 0 aliphatic carbocycles. The molecule has 0 bridgehead atoms. The largest absolute Gasteiger partial charge is 0.302 e. The van der Waals surface area contributed by atoms with E-state index in [1.54, 1.807) is 0 Å². The minimum atomic E-state index is 0. The van der Waals surface area contributed by atoms with Crippen LogP contribution < -0.4 is 0 Å². The van der Waals surface area contributed by atoms with E-state index in [2.05, 4.69) is 39.6 Å². The van der Waals surface area contributed by atoms with Crippen LogP contribution in [-0.4, -0.2) is 24.0 Å². The van der Waals surface area contributed by atoms with Gasteiger partial charge in [-0.25, -0.2) is 0 Å². The molecule has 0 amide bonds. The summed E-state index contributed by atoms with van der Waals surface area (Å²) < 4.78 is 0. The van der Waals surface area contributed by atoms with Crippen molar-refractivity contribution in [3.05, 3.63) is 0 Å². The smallest absolute Gasteiger partial charge is 0.0147 e. The maximum atomic E-state index is 2.37. The molecule has 0 aromatic carbocycles. The fourth-order valence-electron chi connectivity index (χ4n) is 0.698. The SMILES string of the molecule is Br.CCN(C)C(C)(C)CC. The second kappa shape index (κ2) is 5.14. The van der Waals surface area contributed by atoms with Crippen molar-refractivity contribution in [2.24, 2.45) is 0 Å². The number of nitrogens with zero attached hydrogens (tertiary/aromatic N) is 1. The molecule has 64 valence electrons. The van der Waals surface area contributed by atoms with Crippen molar-refractivity contribution in [2.75, 3.05) is 13.6 Å². The topological polar surface area (TPSA) is 3.24 Å². The van der Waals surface area contributed by atoms with Gasteiger partial charge in [-0.2, -0.15) is 0 Å². The van der Waals surface area contributed by atoms with Crippen LogP contribution in [0.3, 0.4) is 0 Å². The van der Waals surface area contributed by atoms with E-state index < -0.39 is 0 Å². The van der Waals surface area contributed by atoms with Gasteiger partial charge in [-0.3, -0.25) is 0 Å². The van der Waals surface area contributed by atoms with Gasteiger partial charge in [-0.15, -0.1) is 17.0 Å². The lowest BCUT2D eigenvalue weighted by Gasteiger charge is -2.33. The molecule has 0 N–H and O–H groups in total. The molecular formula is C8H20BrN. The number of hydrogen-bond acceptors (Lipinski definition) is 1. The van der Waals surface area contributed by atoms with Crippen LogP contribution in [0.15, 0.2) is 0 Å². The highest BCUT2D eigenvalue weighted by Gasteiger charge is 2.18. The van der Waals surface area contributed by atoms with Crippen LogP contribution in [0.4, 0.5) is 0 Å². The summed E-state index contributed by atoms with van der Waals surface area (Å²) in [5.41, 5.74) is 0.384. The Labute approximate surface area is 75.6 Å². The first kappa shape index (κ1) is 13.1. The van der Waals surface area contributed by atoms with E-state index in [0.29, 0.717) is 5.54 Å². The second-order valence-electron chi connectivity index (χ2n) is 3.18. The van der Waals surface area contributed by atoms with Crippen molar-refractivity contribution in [1.82, 2.24) is 4.90 Å². The summed E-state index contributed by atoms with van der Waals surface area (Å²) in [5.74, 6) is 0. The van der Waals surface area contributed by atoms with Crippen LogP contribution in [-0.2, 0) is 0 Å². The number of hydrogen-bond donors (Lipinski definition) is 0. The summed E-state index contributed by atoms with van der Waals surface area (Å²) >= 11 is 0. The Morgan fingerprint density at radius 3 is 1.70 bits per heavy atom. The molecule has 0 rings (SSSR count). The molecule has 0 heterocycles. The van der Waals surface area contributed by atoms with Gasteiger partial charge in [0, 0.05) is 5.54 Å². The van der Waals surface area contributed by atoms with Gasteiger partial charge in [0.05, 0.1) is 0 Å². The molecule has 0 aliphatic rings. The zero-order valence-electron chi connectivity index (χ0n) is 7.77. The van der Waals surface area contributed by atoms with Crippen molar-refractivity contribution >= 4 is 17.0 Å². The fraction of sp³-hybridized carbons (Fsp3) is 1.00. The molecule has 0 atom stereocenters. The highest BCUT2D eigenvalue weighted by Crippen LogP contribution is 2.14. The van der Waals surface area contributed by atoms with Gasteiger partial charge in [-0.05, 0) is 33.9 Å². The summed E-state index contributed by atoms with van der Waals surface area (Å²) in [5, 5.41) is 0. The van der Waals surface area contributed by atoms with Crippen molar-refractivity contribution in [2.45, 2.75) is 39.7 Å². The Kier molecular flexibility index (Phi) is 6.71. The lowest BCUT2D eigenvalue weighted by atomic mass is 10.0. The molecule has 0 saturated carbocycles. The van der Waals surface area contributed by atoms with Crippen molar-refractivity contribution in [3.63, 3.8) is 0 Å². The maximum Gasteiger partial charge on any atom is 0.0147 e. The molecule has 2 heteroatoms. The molecule has 0 spiro atoms.